The molecule has 0 aliphatic heterocycles. The predicted octanol–water partition coefficient (Wildman–Crippen LogP) is 1.70. The summed E-state index contributed by atoms with van der Waals surface area (Å²) in [4.78, 5) is 10.8. The van der Waals surface area contributed by atoms with Crippen molar-refractivity contribution in [2.45, 2.75) is 18.6 Å². The Morgan fingerprint density at radius 2 is 1.71 bits per heavy atom. The van der Waals surface area contributed by atoms with Crippen LogP contribution in [0.25, 0.3) is 0 Å². The zero-order valence-electron chi connectivity index (χ0n) is 11.4. The first-order valence-electron chi connectivity index (χ1n) is 6.63. The Labute approximate surface area is 123 Å². The summed E-state index contributed by atoms with van der Waals surface area (Å²) >= 11 is 0. The summed E-state index contributed by atoms with van der Waals surface area (Å²) in [6, 6.07) is 16.6. The van der Waals surface area contributed by atoms with Gasteiger partial charge in [-0.25, -0.2) is 0 Å². The molecule has 110 valence electrons. The fourth-order valence-corrected chi connectivity index (χ4v) is 2.03. The van der Waals surface area contributed by atoms with Crippen LogP contribution in [0.15, 0.2) is 54.6 Å². The first kappa shape index (κ1) is 15.0. The van der Waals surface area contributed by atoms with Crippen molar-refractivity contribution in [2.24, 2.45) is 5.73 Å². The highest BCUT2D eigenvalue weighted by Crippen LogP contribution is 2.24. The van der Waals surface area contributed by atoms with E-state index in [1.54, 1.807) is 18.2 Å². The van der Waals surface area contributed by atoms with Gasteiger partial charge in [0, 0.05) is 11.4 Å². The van der Waals surface area contributed by atoms with E-state index in [0.717, 1.165) is 11.4 Å². The molecule has 5 heteroatoms. The molecule has 2 unspecified atom stereocenters. The molecule has 0 heterocycles. The number of primary amides is 1. The van der Waals surface area contributed by atoms with E-state index < -0.39 is 18.1 Å². The molecule has 21 heavy (non-hydrogen) atoms. The second kappa shape index (κ2) is 6.88. The van der Waals surface area contributed by atoms with Crippen LogP contribution in [0.4, 0.5) is 11.4 Å². The van der Waals surface area contributed by atoms with Crippen molar-refractivity contribution in [3.63, 3.8) is 0 Å². The molecule has 2 atom stereocenters. The Morgan fingerprint density at radius 1 is 1.05 bits per heavy atom. The summed E-state index contributed by atoms with van der Waals surface area (Å²) < 4.78 is 0. The van der Waals surface area contributed by atoms with Gasteiger partial charge in [-0.05, 0) is 29.8 Å². The Morgan fingerprint density at radius 3 is 2.38 bits per heavy atom. The topological polar surface area (TPSA) is 95.6 Å². The van der Waals surface area contributed by atoms with Gasteiger partial charge < -0.3 is 21.3 Å². The smallest absolute Gasteiger partial charge is 0.220 e. The number of anilines is 2. The number of para-hydroxylation sites is 1. The van der Waals surface area contributed by atoms with Gasteiger partial charge in [0.25, 0.3) is 0 Å². The fourth-order valence-electron chi connectivity index (χ4n) is 2.03. The largest absolute Gasteiger partial charge is 0.390 e. The zero-order chi connectivity index (χ0) is 15.2. The molecule has 5 nitrogen and oxygen atoms in total. The lowest BCUT2D eigenvalue weighted by molar-refractivity contribution is -0.121. The van der Waals surface area contributed by atoms with Crippen LogP contribution in [-0.2, 0) is 4.79 Å². The van der Waals surface area contributed by atoms with E-state index in [1.807, 2.05) is 36.4 Å². The number of rotatable bonds is 6. The van der Waals surface area contributed by atoms with Crippen LogP contribution in [0.1, 0.15) is 18.1 Å². The van der Waals surface area contributed by atoms with Gasteiger partial charge in [-0.15, -0.1) is 0 Å². The molecule has 0 aliphatic rings. The molecule has 2 rings (SSSR count). The standard InChI is InChI=1S/C16H18N2O3/c17-15(20)10-14(19)16(21)11-5-4-8-13(9-11)18-12-6-2-1-3-7-12/h1-9,14,16,18-19,21H,10H2,(H2,17,20). The summed E-state index contributed by atoms with van der Waals surface area (Å²) in [7, 11) is 0. The molecule has 2 aromatic rings. The lowest BCUT2D eigenvalue weighted by atomic mass is 10.0. The number of benzene rings is 2. The monoisotopic (exact) mass is 286 g/mol. The average molecular weight is 286 g/mol. The number of carbonyl (C=O) groups excluding carboxylic acids is 1. The number of carbonyl (C=O) groups is 1. The van der Waals surface area contributed by atoms with Crippen LogP contribution in [0.2, 0.25) is 0 Å². The maximum atomic E-state index is 10.8. The number of nitrogens with two attached hydrogens (primary N) is 1. The number of nitrogens with one attached hydrogen (secondary N) is 1. The van der Waals surface area contributed by atoms with E-state index >= 15 is 0 Å². The SMILES string of the molecule is NC(=O)CC(O)C(O)c1cccc(Nc2ccccc2)c1. The molecular formula is C16H18N2O3. The maximum Gasteiger partial charge on any atom is 0.220 e. The third-order valence-electron chi connectivity index (χ3n) is 3.07. The molecule has 0 saturated carbocycles. The van der Waals surface area contributed by atoms with Gasteiger partial charge in [-0.3, -0.25) is 4.79 Å². The Kier molecular flexibility index (Phi) is 4.92. The maximum absolute atomic E-state index is 10.8. The van der Waals surface area contributed by atoms with Gasteiger partial charge in [0.1, 0.15) is 6.10 Å². The summed E-state index contributed by atoms with van der Waals surface area (Å²) in [6.07, 6.45) is -2.65. The number of hydrogen-bond donors (Lipinski definition) is 4. The van der Waals surface area contributed by atoms with Crippen LogP contribution >= 0.6 is 0 Å². The van der Waals surface area contributed by atoms with Crippen molar-refractivity contribution < 1.29 is 15.0 Å². The van der Waals surface area contributed by atoms with Crippen LogP contribution in [0.3, 0.4) is 0 Å². The zero-order valence-corrected chi connectivity index (χ0v) is 11.4. The number of amides is 1. The van der Waals surface area contributed by atoms with Crippen LogP contribution in [0.5, 0.6) is 0 Å². The van der Waals surface area contributed by atoms with Crippen molar-refractivity contribution in [3.05, 3.63) is 60.2 Å². The third-order valence-corrected chi connectivity index (χ3v) is 3.07. The molecule has 5 N–H and O–H groups in total. The highest BCUT2D eigenvalue weighted by Gasteiger charge is 2.20. The van der Waals surface area contributed by atoms with Crippen LogP contribution in [0, 0.1) is 0 Å². The second-order valence-electron chi connectivity index (χ2n) is 4.80. The lowest BCUT2D eigenvalue weighted by Crippen LogP contribution is -2.25. The first-order chi connectivity index (χ1) is 10.1. The Hall–Kier alpha value is -2.37. The minimum Gasteiger partial charge on any atom is -0.390 e. The van der Waals surface area contributed by atoms with Crippen molar-refractivity contribution in [1.82, 2.24) is 0 Å². The highest BCUT2D eigenvalue weighted by atomic mass is 16.3. The molecule has 0 aliphatic carbocycles. The normalized spacial score (nSPS) is 13.4. The summed E-state index contributed by atoms with van der Waals surface area (Å²) in [6.45, 7) is 0. The molecule has 0 radical (unpaired) electrons. The van der Waals surface area contributed by atoms with Crippen molar-refractivity contribution >= 4 is 17.3 Å². The van der Waals surface area contributed by atoms with E-state index in [-0.39, 0.29) is 6.42 Å². The van der Waals surface area contributed by atoms with Gasteiger partial charge >= 0.3 is 0 Å². The summed E-state index contributed by atoms with van der Waals surface area (Å²) in [5, 5.41) is 23.0. The van der Waals surface area contributed by atoms with E-state index in [4.69, 9.17) is 5.73 Å². The van der Waals surface area contributed by atoms with Gasteiger partial charge in [0.15, 0.2) is 0 Å². The summed E-state index contributed by atoms with van der Waals surface area (Å²) in [5.74, 6) is -0.653. The van der Waals surface area contributed by atoms with Crippen molar-refractivity contribution in [2.75, 3.05) is 5.32 Å². The van der Waals surface area contributed by atoms with Crippen molar-refractivity contribution in [3.8, 4) is 0 Å². The average Bonchev–Trinajstić information content (AvgIpc) is 2.47. The highest BCUT2D eigenvalue weighted by molar-refractivity contribution is 5.74. The second-order valence-corrected chi connectivity index (χ2v) is 4.80. The number of hydrogen-bond acceptors (Lipinski definition) is 4. The molecule has 2 aromatic carbocycles. The Bertz CT molecular complexity index is 601. The quantitative estimate of drug-likeness (QED) is 0.650. The molecular weight excluding hydrogens is 268 g/mol. The van der Waals surface area contributed by atoms with E-state index in [1.165, 1.54) is 0 Å². The van der Waals surface area contributed by atoms with Gasteiger partial charge in [-0.1, -0.05) is 30.3 Å². The van der Waals surface area contributed by atoms with E-state index in [2.05, 4.69) is 5.32 Å². The minimum absolute atomic E-state index is 0.280. The van der Waals surface area contributed by atoms with Crippen LogP contribution in [-0.4, -0.2) is 22.2 Å². The van der Waals surface area contributed by atoms with E-state index in [0.29, 0.717) is 5.56 Å². The molecule has 0 aromatic heterocycles. The fraction of sp³-hybridized carbons (Fsp3) is 0.188. The molecule has 0 spiro atoms. The molecule has 0 bridgehead atoms. The minimum atomic E-state index is -1.21. The molecule has 0 fully saturated rings. The van der Waals surface area contributed by atoms with Gasteiger partial charge in [0.2, 0.25) is 5.91 Å². The predicted molar refractivity (Wildman–Crippen MR) is 80.9 cm³/mol. The van der Waals surface area contributed by atoms with Crippen LogP contribution < -0.4 is 11.1 Å². The number of aliphatic hydroxyl groups is 2. The third kappa shape index (κ3) is 4.30. The lowest BCUT2D eigenvalue weighted by Gasteiger charge is -2.18. The number of aliphatic hydroxyl groups excluding tert-OH is 2. The first-order valence-corrected chi connectivity index (χ1v) is 6.63. The van der Waals surface area contributed by atoms with Gasteiger partial charge in [0.05, 0.1) is 12.5 Å². The Balaban J connectivity index is 2.12. The molecule has 1 amide bonds. The van der Waals surface area contributed by atoms with Gasteiger partial charge in [-0.2, -0.15) is 0 Å². The summed E-state index contributed by atoms with van der Waals surface area (Å²) in [5.41, 5.74) is 7.24. The van der Waals surface area contributed by atoms with E-state index in [9.17, 15) is 15.0 Å². The molecule has 0 saturated heterocycles. The van der Waals surface area contributed by atoms with Crippen molar-refractivity contribution in [1.29, 1.82) is 0 Å².